The molecule has 0 aromatic heterocycles. The standard InChI is InChI=1S/C14H25NO/c1-2-11-6-5-7-12(10-11)13-8-3-4-9-15-14(13)16/h11-13H,2-10H2,1H3,(H,15,16). The lowest BCUT2D eigenvalue weighted by molar-refractivity contribution is -0.127. The molecular weight excluding hydrogens is 198 g/mol. The second-order valence-electron chi connectivity index (χ2n) is 5.59. The van der Waals surface area contributed by atoms with Crippen LogP contribution in [0.2, 0.25) is 0 Å². The quantitative estimate of drug-likeness (QED) is 0.765. The van der Waals surface area contributed by atoms with E-state index in [0.29, 0.717) is 17.7 Å². The van der Waals surface area contributed by atoms with Gasteiger partial charge in [-0.1, -0.05) is 32.6 Å². The van der Waals surface area contributed by atoms with Gasteiger partial charge in [0.2, 0.25) is 5.91 Å². The van der Waals surface area contributed by atoms with E-state index in [0.717, 1.165) is 18.9 Å². The molecule has 2 aliphatic rings. The highest BCUT2D eigenvalue weighted by Crippen LogP contribution is 2.37. The molecule has 1 aliphatic heterocycles. The van der Waals surface area contributed by atoms with Crippen LogP contribution < -0.4 is 5.32 Å². The zero-order valence-electron chi connectivity index (χ0n) is 10.5. The van der Waals surface area contributed by atoms with Gasteiger partial charge in [0.05, 0.1) is 0 Å². The third kappa shape index (κ3) is 2.78. The maximum absolute atomic E-state index is 12.0. The van der Waals surface area contributed by atoms with Crippen molar-refractivity contribution in [3.05, 3.63) is 0 Å². The highest BCUT2D eigenvalue weighted by atomic mass is 16.1. The monoisotopic (exact) mass is 223 g/mol. The smallest absolute Gasteiger partial charge is 0.223 e. The Hall–Kier alpha value is -0.530. The van der Waals surface area contributed by atoms with Crippen molar-refractivity contribution < 1.29 is 4.79 Å². The fourth-order valence-corrected chi connectivity index (χ4v) is 3.48. The van der Waals surface area contributed by atoms with Crippen LogP contribution in [0, 0.1) is 17.8 Å². The van der Waals surface area contributed by atoms with Crippen molar-refractivity contribution in [3.63, 3.8) is 0 Å². The summed E-state index contributed by atoms with van der Waals surface area (Å²) in [4.78, 5) is 12.0. The maximum Gasteiger partial charge on any atom is 0.223 e. The Balaban J connectivity index is 1.95. The average Bonchev–Trinajstić information content (AvgIpc) is 2.54. The first-order valence-electron chi connectivity index (χ1n) is 7.09. The number of amides is 1. The fourth-order valence-electron chi connectivity index (χ4n) is 3.48. The van der Waals surface area contributed by atoms with E-state index in [1.807, 2.05) is 0 Å². The Kier molecular flexibility index (Phi) is 4.25. The molecule has 2 fully saturated rings. The van der Waals surface area contributed by atoms with Gasteiger partial charge in [-0.15, -0.1) is 0 Å². The van der Waals surface area contributed by atoms with E-state index >= 15 is 0 Å². The van der Waals surface area contributed by atoms with Gasteiger partial charge in [-0.3, -0.25) is 4.79 Å². The van der Waals surface area contributed by atoms with Crippen LogP contribution >= 0.6 is 0 Å². The molecule has 1 N–H and O–H groups in total. The Bertz CT molecular complexity index is 239. The van der Waals surface area contributed by atoms with E-state index in [1.54, 1.807) is 0 Å². The molecule has 0 aromatic carbocycles. The van der Waals surface area contributed by atoms with Crippen LogP contribution in [0.4, 0.5) is 0 Å². The Morgan fingerprint density at radius 2 is 2.06 bits per heavy atom. The summed E-state index contributed by atoms with van der Waals surface area (Å²) in [7, 11) is 0. The van der Waals surface area contributed by atoms with Crippen molar-refractivity contribution in [1.82, 2.24) is 5.32 Å². The van der Waals surface area contributed by atoms with Crippen LogP contribution in [0.3, 0.4) is 0 Å². The highest BCUT2D eigenvalue weighted by molar-refractivity contribution is 5.79. The van der Waals surface area contributed by atoms with Gasteiger partial charge in [0.1, 0.15) is 0 Å². The summed E-state index contributed by atoms with van der Waals surface area (Å²) in [5.41, 5.74) is 0. The van der Waals surface area contributed by atoms with Crippen LogP contribution in [0.15, 0.2) is 0 Å². The molecule has 0 aromatic rings. The molecule has 1 amide bonds. The Labute approximate surface area is 99.2 Å². The van der Waals surface area contributed by atoms with E-state index in [1.165, 1.54) is 44.9 Å². The molecule has 92 valence electrons. The lowest BCUT2D eigenvalue weighted by Gasteiger charge is -2.33. The molecule has 2 heteroatoms. The summed E-state index contributed by atoms with van der Waals surface area (Å²) in [6.07, 6.45) is 10.2. The van der Waals surface area contributed by atoms with Gasteiger partial charge in [0.25, 0.3) is 0 Å². The Morgan fingerprint density at radius 1 is 1.19 bits per heavy atom. The molecule has 1 heterocycles. The molecular formula is C14H25NO. The van der Waals surface area contributed by atoms with Gasteiger partial charge in [-0.05, 0) is 37.5 Å². The molecule has 3 unspecified atom stereocenters. The predicted octanol–water partition coefficient (Wildman–Crippen LogP) is 3.12. The van der Waals surface area contributed by atoms with Crippen molar-refractivity contribution in [3.8, 4) is 0 Å². The lowest BCUT2D eigenvalue weighted by atomic mass is 9.73. The first-order valence-corrected chi connectivity index (χ1v) is 7.09. The van der Waals surface area contributed by atoms with Crippen LogP contribution in [0.25, 0.3) is 0 Å². The molecule has 16 heavy (non-hydrogen) atoms. The van der Waals surface area contributed by atoms with E-state index in [-0.39, 0.29) is 0 Å². The second-order valence-corrected chi connectivity index (χ2v) is 5.59. The zero-order valence-corrected chi connectivity index (χ0v) is 10.5. The van der Waals surface area contributed by atoms with Gasteiger partial charge < -0.3 is 5.32 Å². The highest BCUT2D eigenvalue weighted by Gasteiger charge is 2.32. The number of hydrogen-bond acceptors (Lipinski definition) is 1. The Morgan fingerprint density at radius 3 is 2.88 bits per heavy atom. The number of rotatable bonds is 2. The molecule has 1 saturated carbocycles. The van der Waals surface area contributed by atoms with Gasteiger partial charge in [0.15, 0.2) is 0 Å². The third-order valence-corrected chi connectivity index (χ3v) is 4.55. The SMILES string of the molecule is CCC1CCCC(C2CCCCNC2=O)C1. The minimum atomic E-state index is 0.330. The molecule has 2 rings (SSSR count). The third-order valence-electron chi connectivity index (χ3n) is 4.55. The van der Waals surface area contributed by atoms with Crippen LogP contribution in [0.1, 0.15) is 58.3 Å². The molecule has 0 radical (unpaired) electrons. The second kappa shape index (κ2) is 5.70. The van der Waals surface area contributed by atoms with Crippen LogP contribution in [-0.2, 0) is 4.79 Å². The maximum atomic E-state index is 12.0. The number of nitrogens with one attached hydrogen (secondary N) is 1. The molecule has 2 nitrogen and oxygen atoms in total. The number of hydrogen-bond donors (Lipinski definition) is 1. The molecule has 0 spiro atoms. The summed E-state index contributed by atoms with van der Waals surface area (Å²) >= 11 is 0. The van der Waals surface area contributed by atoms with Gasteiger partial charge >= 0.3 is 0 Å². The normalized spacial score (nSPS) is 36.6. The lowest BCUT2D eigenvalue weighted by Crippen LogP contribution is -2.35. The summed E-state index contributed by atoms with van der Waals surface area (Å²) in [5, 5.41) is 3.09. The van der Waals surface area contributed by atoms with Crippen molar-refractivity contribution in [2.45, 2.75) is 58.3 Å². The topological polar surface area (TPSA) is 29.1 Å². The summed E-state index contributed by atoms with van der Waals surface area (Å²) < 4.78 is 0. The summed E-state index contributed by atoms with van der Waals surface area (Å²) in [5.74, 6) is 2.24. The van der Waals surface area contributed by atoms with Crippen molar-refractivity contribution in [2.24, 2.45) is 17.8 Å². The van der Waals surface area contributed by atoms with Crippen LogP contribution in [0.5, 0.6) is 0 Å². The van der Waals surface area contributed by atoms with E-state index in [4.69, 9.17) is 0 Å². The summed E-state index contributed by atoms with van der Waals surface area (Å²) in [6, 6.07) is 0. The molecule has 0 bridgehead atoms. The number of carbonyl (C=O) groups is 1. The van der Waals surface area contributed by atoms with Crippen molar-refractivity contribution >= 4 is 5.91 Å². The first-order chi connectivity index (χ1) is 7.81. The van der Waals surface area contributed by atoms with Gasteiger partial charge in [-0.25, -0.2) is 0 Å². The predicted molar refractivity (Wildman–Crippen MR) is 66.1 cm³/mol. The minimum absolute atomic E-state index is 0.330. The van der Waals surface area contributed by atoms with Gasteiger partial charge in [-0.2, -0.15) is 0 Å². The van der Waals surface area contributed by atoms with Crippen LogP contribution in [-0.4, -0.2) is 12.5 Å². The zero-order chi connectivity index (χ0) is 11.4. The fraction of sp³-hybridized carbons (Fsp3) is 0.929. The van der Waals surface area contributed by atoms with Crippen molar-refractivity contribution in [1.29, 1.82) is 0 Å². The van der Waals surface area contributed by atoms with Crippen molar-refractivity contribution in [2.75, 3.05) is 6.54 Å². The number of carbonyl (C=O) groups excluding carboxylic acids is 1. The van der Waals surface area contributed by atoms with E-state index in [2.05, 4.69) is 12.2 Å². The largest absolute Gasteiger partial charge is 0.356 e. The van der Waals surface area contributed by atoms with Gasteiger partial charge in [0, 0.05) is 12.5 Å². The molecule has 1 saturated heterocycles. The van der Waals surface area contributed by atoms with E-state index in [9.17, 15) is 4.79 Å². The minimum Gasteiger partial charge on any atom is -0.356 e. The first kappa shape index (κ1) is 11.9. The average molecular weight is 223 g/mol. The van der Waals surface area contributed by atoms with E-state index < -0.39 is 0 Å². The molecule has 1 aliphatic carbocycles. The summed E-state index contributed by atoms with van der Waals surface area (Å²) in [6.45, 7) is 3.19. The molecule has 3 atom stereocenters.